The maximum atomic E-state index is 12.5. The van der Waals surface area contributed by atoms with E-state index in [1.165, 1.54) is 0 Å². The first-order valence-corrected chi connectivity index (χ1v) is 7.20. The second-order valence-electron chi connectivity index (χ2n) is 4.81. The molecule has 1 aromatic rings. The number of hydrogen-bond acceptors (Lipinski definition) is 4. The van der Waals surface area contributed by atoms with E-state index in [-0.39, 0.29) is 23.7 Å². The fraction of sp³-hybridized carbons (Fsp3) is 0.571. The summed E-state index contributed by atoms with van der Waals surface area (Å²) in [5, 5.41) is 12.5. The monoisotopic (exact) mass is 299 g/mol. The van der Waals surface area contributed by atoms with Gasteiger partial charge in [0.1, 0.15) is 11.0 Å². The number of halogens is 1. The summed E-state index contributed by atoms with van der Waals surface area (Å²) >= 11 is 5.96. The lowest BCUT2D eigenvalue weighted by atomic mass is 10.2. The number of amides is 1. The van der Waals surface area contributed by atoms with Crippen molar-refractivity contribution in [2.45, 2.75) is 33.2 Å². The Labute approximate surface area is 125 Å². The van der Waals surface area contributed by atoms with Crippen LogP contribution in [0.25, 0.3) is 0 Å². The Morgan fingerprint density at radius 3 is 2.75 bits per heavy atom. The number of aliphatic hydroxyl groups is 1. The number of nitrogens with zero attached hydrogens (tertiary/aromatic N) is 2. The Balaban J connectivity index is 2.98. The predicted octanol–water partition coefficient (Wildman–Crippen LogP) is 2.40. The highest BCUT2D eigenvalue weighted by molar-refractivity contribution is 6.29. The summed E-state index contributed by atoms with van der Waals surface area (Å²) < 4.78 is 0. The lowest BCUT2D eigenvalue weighted by Crippen LogP contribution is -2.39. The number of pyridine rings is 1. The largest absolute Gasteiger partial charge is 0.395 e. The minimum absolute atomic E-state index is 0.00800. The van der Waals surface area contributed by atoms with Crippen molar-refractivity contribution in [1.82, 2.24) is 9.88 Å². The molecule has 1 amide bonds. The van der Waals surface area contributed by atoms with Crippen LogP contribution < -0.4 is 5.32 Å². The van der Waals surface area contributed by atoms with E-state index in [0.29, 0.717) is 17.9 Å². The highest BCUT2D eigenvalue weighted by atomic mass is 35.5. The Hall–Kier alpha value is -1.33. The number of aromatic nitrogens is 1. The Kier molecular flexibility index (Phi) is 6.75. The lowest BCUT2D eigenvalue weighted by Gasteiger charge is -2.26. The first kappa shape index (κ1) is 16.7. The van der Waals surface area contributed by atoms with Gasteiger partial charge in [0, 0.05) is 24.7 Å². The molecule has 1 rings (SSSR count). The highest BCUT2D eigenvalue weighted by Crippen LogP contribution is 2.17. The van der Waals surface area contributed by atoms with Crippen molar-refractivity contribution in [3.05, 3.63) is 22.8 Å². The summed E-state index contributed by atoms with van der Waals surface area (Å²) in [7, 11) is 0. The van der Waals surface area contributed by atoms with Gasteiger partial charge in [0.15, 0.2) is 0 Å². The van der Waals surface area contributed by atoms with E-state index in [4.69, 9.17) is 16.7 Å². The number of rotatable bonds is 7. The number of carbonyl (C=O) groups is 1. The second-order valence-corrected chi connectivity index (χ2v) is 5.19. The van der Waals surface area contributed by atoms with Gasteiger partial charge >= 0.3 is 0 Å². The average molecular weight is 300 g/mol. The molecule has 5 nitrogen and oxygen atoms in total. The van der Waals surface area contributed by atoms with E-state index in [9.17, 15) is 4.79 Å². The lowest BCUT2D eigenvalue weighted by molar-refractivity contribution is 0.0665. The van der Waals surface area contributed by atoms with Crippen molar-refractivity contribution in [1.29, 1.82) is 0 Å². The van der Waals surface area contributed by atoms with Gasteiger partial charge in [-0.15, -0.1) is 0 Å². The van der Waals surface area contributed by atoms with Crippen LogP contribution in [-0.4, -0.2) is 46.6 Å². The molecule has 0 radical (unpaired) electrons. The second kappa shape index (κ2) is 8.07. The summed E-state index contributed by atoms with van der Waals surface area (Å²) in [6, 6.07) is 3.25. The topological polar surface area (TPSA) is 65.5 Å². The number of hydrogen-bond donors (Lipinski definition) is 2. The van der Waals surface area contributed by atoms with Gasteiger partial charge in [0.2, 0.25) is 0 Å². The van der Waals surface area contributed by atoms with Crippen molar-refractivity contribution < 1.29 is 9.90 Å². The summed E-state index contributed by atoms with van der Waals surface area (Å²) in [6.45, 7) is 6.87. The van der Waals surface area contributed by atoms with Gasteiger partial charge < -0.3 is 15.3 Å². The molecule has 0 aliphatic rings. The molecule has 20 heavy (non-hydrogen) atoms. The third kappa shape index (κ3) is 4.65. The Bertz CT molecular complexity index is 452. The molecule has 112 valence electrons. The molecule has 1 heterocycles. The number of anilines is 1. The van der Waals surface area contributed by atoms with Crippen LogP contribution in [0.2, 0.25) is 5.15 Å². The maximum Gasteiger partial charge on any atom is 0.254 e. The van der Waals surface area contributed by atoms with E-state index in [0.717, 1.165) is 13.0 Å². The minimum atomic E-state index is -0.155. The van der Waals surface area contributed by atoms with Gasteiger partial charge in [-0.25, -0.2) is 4.98 Å². The third-order valence-corrected chi connectivity index (χ3v) is 3.02. The first-order chi connectivity index (χ1) is 9.49. The SMILES string of the molecule is CCCNc1cc(C(=O)N(CCO)C(C)C)cc(Cl)n1. The Morgan fingerprint density at radius 2 is 2.20 bits per heavy atom. The normalized spacial score (nSPS) is 10.7. The number of aliphatic hydroxyl groups excluding tert-OH is 1. The van der Waals surface area contributed by atoms with Gasteiger partial charge in [-0.2, -0.15) is 0 Å². The van der Waals surface area contributed by atoms with Gasteiger partial charge in [-0.1, -0.05) is 18.5 Å². The van der Waals surface area contributed by atoms with Crippen LogP contribution in [-0.2, 0) is 0 Å². The summed E-state index contributed by atoms with van der Waals surface area (Å²) in [5.41, 5.74) is 0.478. The summed E-state index contributed by atoms with van der Waals surface area (Å²) in [4.78, 5) is 18.2. The van der Waals surface area contributed by atoms with Crippen LogP contribution in [0.5, 0.6) is 0 Å². The van der Waals surface area contributed by atoms with Crippen LogP contribution in [0.4, 0.5) is 5.82 Å². The molecule has 0 saturated heterocycles. The maximum absolute atomic E-state index is 12.5. The summed E-state index contributed by atoms with van der Waals surface area (Å²) in [5.74, 6) is 0.438. The van der Waals surface area contributed by atoms with Crippen LogP contribution in [0, 0.1) is 0 Å². The smallest absolute Gasteiger partial charge is 0.254 e. The molecule has 0 aliphatic carbocycles. The number of nitrogens with one attached hydrogen (secondary N) is 1. The molecular formula is C14H22ClN3O2. The third-order valence-electron chi connectivity index (χ3n) is 2.82. The van der Waals surface area contributed by atoms with Crippen molar-refractivity contribution in [2.24, 2.45) is 0 Å². The summed E-state index contributed by atoms with van der Waals surface area (Å²) in [6.07, 6.45) is 0.958. The van der Waals surface area contributed by atoms with Crippen LogP contribution in [0.1, 0.15) is 37.6 Å². The van der Waals surface area contributed by atoms with Crippen molar-refractivity contribution in [2.75, 3.05) is 25.0 Å². The van der Waals surface area contributed by atoms with Crippen molar-refractivity contribution in [3.63, 3.8) is 0 Å². The molecule has 1 aromatic heterocycles. The van der Waals surface area contributed by atoms with Gasteiger partial charge in [0.25, 0.3) is 5.91 Å². The highest BCUT2D eigenvalue weighted by Gasteiger charge is 2.19. The molecule has 0 spiro atoms. The zero-order valence-corrected chi connectivity index (χ0v) is 12.9. The van der Waals surface area contributed by atoms with Crippen LogP contribution in [0.3, 0.4) is 0 Å². The van der Waals surface area contributed by atoms with Crippen molar-refractivity contribution >= 4 is 23.3 Å². The quantitative estimate of drug-likeness (QED) is 0.759. The van der Waals surface area contributed by atoms with Gasteiger partial charge in [-0.3, -0.25) is 4.79 Å². The fourth-order valence-electron chi connectivity index (χ4n) is 1.83. The number of carbonyl (C=O) groups excluding carboxylic acids is 1. The van der Waals surface area contributed by atoms with Crippen LogP contribution in [0.15, 0.2) is 12.1 Å². The fourth-order valence-corrected chi connectivity index (χ4v) is 2.04. The van der Waals surface area contributed by atoms with Gasteiger partial charge in [-0.05, 0) is 32.4 Å². The van der Waals surface area contributed by atoms with Crippen LogP contribution >= 0.6 is 11.6 Å². The molecular weight excluding hydrogens is 278 g/mol. The first-order valence-electron chi connectivity index (χ1n) is 6.82. The zero-order valence-electron chi connectivity index (χ0n) is 12.2. The van der Waals surface area contributed by atoms with Gasteiger partial charge in [0.05, 0.1) is 6.61 Å². The molecule has 2 N–H and O–H groups in total. The average Bonchev–Trinajstić information content (AvgIpc) is 2.40. The van der Waals surface area contributed by atoms with E-state index < -0.39 is 0 Å². The standard InChI is InChI=1S/C14H22ClN3O2/c1-4-5-16-13-9-11(8-12(15)17-13)14(20)18(6-7-19)10(2)3/h8-10,19H,4-7H2,1-3H3,(H,16,17). The Morgan fingerprint density at radius 1 is 1.50 bits per heavy atom. The molecule has 6 heteroatoms. The van der Waals surface area contributed by atoms with E-state index in [1.807, 2.05) is 20.8 Å². The molecule has 0 aromatic carbocycles. The predicted molar refractivity (Wildman–Crippen MR) is 81.3 cm³/mol. The molecule has 0 aliphatic heterocycles. The molecule has 0 fully saturated rings. The molecule has 0 atom stereocenters. The zero-order chi connectivity index (χ0) is 15.1. The van der Waals surface area contributed by atoms with E-state index >= 15 is 0 Å². The van der Waals surface area contributed by atoms with E-state index in [2.05, 4.69) is 10.3 Å². The molecule has 0 unspecified atom stereocenters. The molecule has 0 saturated carbocycles. The van der Waals surface area contributed by atoms with E-state index in [1.54, 1.807) is 17.0 Å². The molecule has 0 bridgehead atoms. The van der Waals surface area contributed by atoms with Crippen molar-refractivity contribution in [3.8, 4) is 0 Å². The minimum Gasteiger partial charge on any atom is -0.395 e.